The Morgan fingerprint density at radius 2 is 2.09 bits per heavy atom. The topological polar surface area (TPSA) is 64.4 Å². The Balaban J connectivity index is 2.29. The summed E-state index contributed by atoms with van der Waals surface area (Å²) in [4.78, 5) is 10.3. The average Bonchev–Trinajstić information content (AvgIpc) is 2.46. The average molecular weight is 325 g/mol. The summed E-state index contributed by atoms with van der Waals surface area (Å²) in [6.45, 7) is 1.75. The molecule has 1 atom stereocenters. The molecule has 0 fully saturated rings. The molecule has 116 valence electrons. The Morgan fingerprint density at radius 1 is 1.36 bits per heavy atom. The Bertz CT molecular complexity index is 689. The van der Waals surface area contributed by atoms with Crippen LogP contribution in [0.15, 0.2) is 36.4 Å². The fourth-order valence-corrected chi connectivity index (χ4v) is 2.49. The highest BCUT2D eigenvalue weighted by Crippen LogP contribution is 2.33. The minimum atomic E-state index is -0.528. The third kappa shape index (κ3) is 3.28. The summed E-state index contributed by atoms with van der Waals surface area (Å²) in [6, 6.07) is 8.40. The number of anilines is 1. The van der Waals surface area contributed by atoms with Crippen molar-refractivity contribution in [3.63, 3.8) is 0 Å². The molecule has 0 radical (unpaired) electrons. The van der Waals surface area contributed by atoms with Gasteiger partial charge in [0, 0.05) is 28.4 Å². The maximum absolute atomic E-state index is 13.9. The third-order valence-corrected chi connectivity index (χ3v) is 3.52. The molecular formula is C15H14ClFN2O3. The number of hydrogen-bond acceptors (Lipinski definition) is 4. The summed E-state index contributed by atoms with van der Waals surface area (Å²) in [5.74, 6) is -0.289. The first-order valence-electron chi connectivity index (χ1n) is 6.47. The van der Waals surface area contributed by atoms with Crippen molar-refractivity contribution in [1.29, 1.82) is 0 Å². The van der Waals surface area contributed by atoms with E-state index in [1.165, 1.54) is 37.4 Å². The smallest absolute Gasteiger partial charge is 0.311 e. The van der Waals surface area contributed by atoms with Crippen LogP contribution in [0.4, 0.5) is 15.8 Å². The molecule has 0 saturated heterocycles. The van der Waals surface area contributed by atoms with Crippen molar-refractivity contribution in [2.24, 2.45) is 0 Å². The molecule has 0 aromatic heterocycles. The van der Waals surface area contributed by atoms with Crippen molar-refractivity contribution in [3.8, 4) is 5.75 Å². The van der Waals surface area contributed by atoms with Gasteiger partial charge in [-0.05, 0) is 25.1 Å². The lowest BCUT2D eigenvalue weighted by atomic mass is 10.1. The molecule has 1 unspecified atom stereocenters. The van der Waals surface area contributed by atoms with Gasteiger partial charge < -0.3 is 10.1 Å². The second kappa shape index (κ2) is 6.62. The number of nitro groups is 1. The van der Waals surface area contributed by atoms with E-state index < -0.39 is 16.8 Å². The van der Waals surface area contributed by atoms with Crippen LogP contribution in [-0.2, 0) is 0 Å². The molecule has 0 bridgehead atoms. The highest BCUT2D eigenvalue weighted by molar-refractivity contribution is 6.31. The first-order chi connectivity index (χ1) is 10.4. The quantitative estimate of drug-likeness (QED) is 0.646. The van der Waals surface area contributed by atoms with Crippen molar-refractivity contribution >= 4 is 23.0 Å². The molecular weight excluding hydrogens is 311 g/mol. The maximum atomic E-state index is 13.9. The van der Waals surface area contributed by atoms with E-state index in [9.17, 15) is 14.5 Å². The fraction of sp³-hybridized carbons (Fsp3) is 0.200. The van der Waals surface area contributed by atoms with Crippen LogP contribution >= 0.6 is 11.6 Å². The van der Waals surface area contributed by atoms with Crippen LogP contribution < -0.4 is 10.1 Å². The van der Waals surface area contributed by atoms with Gasteiger partial charge in [0.05, 0.1) is 18.1 Å². The van der Waals surface area contributed by atoms with Crippen LogP contribution in [0.5, 0.6) is 5.75 Å². The van der Waals surface area contributed by atoms with Gasteiger partial charge in [-0.3, -0.25) is 10.1 Å². The van der Waals surface area contributed by atoms with Crippen LogP contribution in [0.25, 0.3) is 0 Å². The van der Waals surface area contributed by atoms with Crippen LogP contribution in [-0.4, -0.2) is 12.0 Å². The number of rotatable bonds is 5. The molecule has 0 heterocycles. The summed E-state index contributed by atoms with van der Waals surface area (Å²) >= 11 is 6.02. The number of benzene rings is 2. The Kier molecular flexibility index (Phi) is 4.82. The molecule has 2 aromatic carbocycles. The predicted octanol–water partition coefficient (Wildman–Crippen LogP) is 4.57. The van der Waals surface area contributed by atoms with Gasteiger partial charge in [0.15, 0.2) is 5.75 Å². The van der Waals surface area contributed by atoms with Crippen molar-refractivity contribution in [3.05, 3.63) is 62.9 Å². The molecule has 0 amide bonds. The van der Waals surface area contributed by atoms with Crippen molar-refractivity contribution in [1.82, 2.24) is 0 Å². The van der Waals surface area contributed by atoms with Gasteiger partial charge in [-0.2, -0.15) is 0 Å². The van der Waals surface area contributed by atoms with E-state index >= 15 is 0 Å². The minimum absolute atomic E-state index is 0.127. The van der Waals surface area contributed by atoms with Gasteiger partial charge in [0.2, 0.25) is 0 Å². The molecule has 7 heteroatoms. The number of nitrogens with one attached hydrogen (secondary N) is 1. The zero-order valence-electron chi connectivity index (χ0n) is 12.0. The van der Waals surface area contributed by atoms with Gasteiger partial charge in [-0.25, -0.2) is 4.39 Å². The maximum Gasteiger partial charge on any atom is 0.311 e. The molecule has 22 heavy (non-hydrogen) atoms. The molecule has 0 aliphatic heterocycles. The summed E-state index contributed by atoms with van der Waals surface area (Å²) < 4.78 is 18.9. The van der Waals surface area contributed by atoms with E-state index in [-0.39, 0.29) is 11.4 Å². The summed E-state index contributed by atoms with van der Waals surface area (Å²) in [7, 11) is 1.35. The van der Waals surface area contributed by atoms with E-state index in [1.54, 1.807) is 13.0 Å². The molecule has 0 spiro atoms. The zero-order valence-corrected chi connectivity index (χ0v) is 12.7. The standard InChI is InChI=1S/C15H14ClFN2O3/c1-9(15-11(16)4-3-5-12(15)17)18-10-6-7-13(19(20)21)14(8-10)22-2/h3-9,18H,1-2H3. The Labute approximate surface area is 131 Å². The molecule has 1 N–H and O–H groups in total. The van der Waals surface area contributed by atoms with Gasteiger partial charge in [-0.1, -0.05) is 17.7 Å². The van der Waals surface area contributed by atoms with Crippen LogP contribution in [0.1, 0.15) is 18.5 Å². The molecule has 2 rings (SSSR count). The number of ether oxygens (including phenoxy) is 1. The third-order valence-electron chi connectivity index (χ3n) is 3.19. The van der Waals surface area contributed by atoms with E-state index in [4.69, 9.17) is 16.3 Å². The van der Waals surface area contributed by atoms with Gasteiger partial charge in [-0.15, -0.1) is 0 Å². The van der Waals surface area contributed by atoms with E-state index in [0.717, 1.165) is 0 Å². The monoisotopic (exact) mass is 324 g/mol. The van der Waals surface area contributed by atoms with Crippen LogP contribution in [0.3, 0.4) is 0 Å². The first kappa shape index (κ1) is 16.0. The number of nitrogens with zero attached hydrogens (tertiary/aromatic N) is 1. The van der Waals surface area contributed by atoms with Crippen molar-refractivity contribution in [2.75, 3.05) is 12.4 Å². The summed E-state index contributed by atoms with van der Waals surface area (Å²) in [6.07, 6.45) is 0. The largest absolute Gasteiger partial charge is 0.490 e. The molecule has 5 nitrogen and oxygen atoms in total. The lowest BCUT2D eigenvalue weighted by Gasteiger charge is -2.18. The van der Waals surface area contributed by atoms with E-state index in [0.29, 0.717) is 16.3 Å². The van der Waals surface area contributed by atoms with Crippen LogP contribution in [0.2, 0.25) is 5.02 Å². The fourth-order valence-electron chi connectivity index (χ4n) is 2.16. The van der Waals surface area contributed by atoms with Gasteiger partial charge in [0.1, 0.15) is 5.82 Å². The Morgan fingerprint density at radius 3 is 2.68 bits per heavy atom. The summed E-state index contributed by atoms with van der Waals surface area (Å²) in [5.41, 5.74) is 0.764. The minimum Gasteiger partial charge on any atom is -0.490 e. The normalized spacial score (nSPS) is 11.8. The number of nitro benzene ring substituents is 1. The summed E-state index contributed by atoms with van der Waals surface area (Å²) in [5, 5.41) is 14.2. The Hall–Kier alpha value is -2.34. The van der Waals surface area contributed by atoms with Gasteiger partial charge in [0.25, 0.3) is 0 Å². The van der Waals surface area contributed by atoms with Crippen LogP contribution in [0, 0.1) is 15.9 Å². The van der Waals surface area contributed by atoms with E-state index in [2.05, 4.69) is 5.32 Å². The molecule has 0 saturated carbocycles. The number of halogens is 2. The van der Waals surface area contributed by atoms with E-state index in [1.807, 2.05) is 0 Å². The zero-order chi connectivity index (χ0) is 16.3. The lowest BCUT2D eigenvalue weighted by Crippen LogP contribution is -2.09. The molecule has 2 aromatic rings. The van der Waals surface area contributed by atoms with Crippen molar-refractivity contribution in [2.45, 2.75) is 13.0 Å². The number of hydrogen-bond donors (Lipinski definition) is 1. The van der Waals surface area contributed by atoms with Crippen molar-refractivity contribution < 1.29 is 14.1 Å². The molecule has 0 aliphatic carbocycles. The molecule has 0 aliphatic rings. The lowest BCUT2D eigenvalue weighted by molar-refractivity contribution is -0.385. The van der Waals surface area contributed by atoms with Gasteiger partial charge >= 0.3 is 5.69 Å². The SMILES string of the molecule is COc1cc(NC(C)c2c(F)cccc2Cl)ccc1[N+](=O)[O-]. The first-order valence-corrected chi connectivity index (χ1v) is 6.84. The second-order valence-corrected chi connectivity index (χ2v) is 5.05. The highest BCUT2D eigenvalue weighted by atomic mass is 35.5. The second-order valence-electron chi connectivity index (χ2n) is 4.65. The predicted molar refractivity (Wildman–Crippen MR) is 83.1 cm³/mol. The number of methoxy groups -OCH3 is 1. The highest BCUT2D eigenvalue weighted by Gasteiger charge is 2.18.